The number of carbonyl (C=O) groups excluding carboxylic acids is 2. The van der Waals surface area contributed by atoms with E-state index in [-0.39, 0.29) is 18.4 Å². The lowest BCUT2D eigenvalue weighted by Crippen LogP contribution is -2.64. The third-order valence-electron chi connectivity index (χ3n) is 8.10. The first kappa shape index (κ1) is 24.8. The van der Waals surface area contributed by atoms with Crippen LogP contribution < -0.4 is 10.6 Å². The standard InChI is InChI=1S/C28H34N2O5/c1-26(2,23(31)29-28(5,24(32)33)17-14-15-17)27(3,4)30-25(34)35-16-22-20-12-8-6-10-18(20)19-11-7-9-13-21(19)22/h6-13,17,22H,14-16H2,1-5H3,(H,29,31)(H,30,34)(H,32,33). The third kappa shape index (κ3) is 4.40. The normalized spacial score (nSPS) is 17.1. The van der Waals surface area contributed by atoms with Crippen molar-refractivity contribution in [2.24, 2.45) is 11.3 Å². The Kier molecular flexibility index (Phi) is 6.16. The molecular weight excluding hydrogens is 444 g/mol. The van der Waals surface area contributed by atoms with Gasteiger partial charge in [0.05, 0.1) is 11.0 Å². The summed E-state index contributed by atoms with van der Waals surface area (Å²) in [5, 5.41) is 15.3. The number of aliphatic carboxylic acids is 1. The number of benzene rings is 2. The van der Waals surface area contributed by atoms with Gasteiger partial charge in [-0.1, -0.05) is 48.5 Å². The first-order valence-corrected chi connectivity index (χ1v) is 12.1. The number of fused-ring (bicyclic) bond motifs is 3. The molecule has 0 radical (unpaired) electrons. The van der Waals surface area contributed by atoms with Crippen LogP contribution in [0.3, 0.4) is 0 Å². The number of carbonyl (C=O) groups is 3. The van der Waals surface area contributed by atoms with E-state index in [0.717, 1.165) is 35.1 Å². The van der Waals surface area contributed by atoms with Gasteiger partial charge in [0.2, 0.25) is 5.91 Å². The van der Waals surface area contributed by atoms with Crippen LogP contribution in [0.5, 0.6) is 0 Å². The van der Waals surface area contributed by atoms with E-state index in [1.165, 1.54) is 0 Å². The maximum absolute atomic E-state index is 13.2. The molecule has 35 heavy (non-hydrogen) atoms. The quantitative estimate of drug-likeness (QED) is 0.510. The van der Waals surface area contributed by atoms with E-state index >= 15 is 0 Å². The lowest BCUT2D eigenvalue weighted by molar-refractivity contribution is -0.150. The van der Waals surface area contributed by atoms with Crippen LogP contribution in [0.25, 0.3) is 11.1 Å². The molecule has 1 saturated carbocycles. The van der Waals surface area contributed by atoms with Crippen LogP contribution in [-0.4, -0.2) is 40.8 Å². The second kappa shape index (κ2) is 8.70. The first-order chi connectivity index (χ1) is 16.4. The summed E-state index contributed by atoms with van der Waals surface area (Å²) in [6.45, 7) is 8.59. The molecule has 4 rings (SSSR count). The highest BCUT2D eigenvalue weighted by Crippen LogP contribution is 2.45. The number of carboxylic acids is 1. The van der Waals surface area contributed by atoms with Gasteiger partial charge < -0.3 is 20.5 Å². The van der Waals surface area contributed by atoms with Crippen LogP contribution in [0.1, 0.15) is 64.5 Å². The zero-order chi connectivity index (χ0) is 25.6. The zero-order valence-corrected chi connectivity index (χ0v) is 21.0. The highest BCUT2D eigenvalue weighted by Gasteiger charge is 2.52. The van der Waals surface area contributed by atoms with E-state index in [1.54, 1.807) is 34.6 Å². The lowest BCUT2D eigenvalue weighted by Gasteiger charge is -2.42. The average Bonchev–Trinajstić information content (AvgIpc) is 3.61. The molecule has 2 aromatic carbocycles. The van der Waals surface area contributed by atoms with E-state index in [1.807, 2.05) is 24.3 Å². The monoisotopic (exact) mass is 478 g/mol. The molecule has 3 N–H and O–H groups in total. The molecule has 2 aliphatic rings. The highest BCUT2D eigenvalue weighted by molar-refractivity contribution is 5.91. The summed E-state index contributed by atoms with van der Waals surface area (Å²) < 4.78 is 5.66. The largest absolute Gasteiger partial charge is 0.480 e. The zero-order valence-electron chi connectivity index (χ0n) is 21.0. The van der Waals surface area contributed by atoms with Crippen molar-refractivity contribution in [3.63, 3.8) is 0 Å². The molecule has 0 aliphatic heterocycles. The van der Waals surface area contributed by atoms with E-state index in [0.29, 0.717) is 0 Å². The Balaban J connectivity index is 1.43. The summed E-state index contributed by atoms with van der Waals surface area (Å²) in [5.41, 5.74) is 1.09. The summed E-state index contributed by atoms with van der Waals surface area (Å²) in [4.78, 5) is 38.0. The average molecular weight is 479 g/mol. The third-order valence-corrected chi connectivity index (χ3v) is 8.10. The van der Waals surface area contributed by atoms with E-state index in [4.69, 9.17) is 4.74 Å². The minimum atomic E-state index is -1.33. The molecule has 1 fully saturated rings. The number of rotatable bonds is 8. The summed E-state index contributed by atoms with van der Waals surface area (Å²) in [6.07, 6.45) is 0.913. The Hall–Kier alpha value is -3.35. The fraction of sp³-hybridized carbons (Fsp3) is 0.464. The van der Waals surface area contributed by atoms with Crippen molar-refractivity contribution in [2.45, 2.75) is 64.5 Å². The highest BCUT2D eigenvalue weighted by atomic mass is 16.5. The Bertz CT molecular complexity index is 1120. The molecule has 0 aromatic heterocycles. The maximum atomic E-state index is 13.2. The Morgan fingerprint density at radius 3 is 1.89 bits per heavy atom. The van der Waals surface area contributed by atoms with E-state index < -0.39 is 34.5 Å². The van der Waals surface area contributed by atoms with Crippen LogP contribution in [0.4, 0.5) is 4.79 Å². The van der Waals surface area contributed by atoms with Crippen molar-refractivity contribution in [3.8, 4) is 11.1 Å². The lowest BCUT2D eigenvalue weighted by atomic mass is 9.73. The number of carboxylic acid groups (broad SMARTS) is 1. The van der Waals surface area contributed by atoms with Crippen molar-refractivity contribution in [1.82, 2.24) is 10.6 Å². The predicted octanol–water partition coefficient (Wildman–Crippen LogP) is 4.70. The van der Waals surface area contributed by atoms with Gasteiger partial charge in [-0.25, -0.2) is 9.59 Å². The van der Waals surface area contributed by atoms with Crippen LogP contribution >= 0.6 is 0 Å². The van der Waals surface area contributed by atoms with Gasteiger partial charge in [0.15, 0.2) is 0 Å². The molecular formula is C28H34N2O5. The molecule has 0 heterocycles. The molecule has 186 valence electrons. The molecule has 1 unspecified atom stereocenters. The molecule has 0 spiro atoms. The topological polar surface area (TPSA) is 105 Å². The van der Waals surface area contributed by atoms with E-state index in [9.17, 15) is 19.5 Å². The van der Waals surface area contributed by atoms with Gasteiger partial charge in [0, 0.05) is 5.92 Å². The van der Waals surface area contributed by atoms with Gasteiger partial charge in [-0.05, 0) is 75.6 Å². The van der Waals surface area contributed by atoms with Crippen molar-refractivity contribution < 1.29 is 24.2 Å². The number of amides is 2. The number of alkyl carbamates (subject to hydrolysis) is 1. The van der Waals surface area contributed by atoms with Gasteiger partial charge in [-0.15, -0.1) is 0 Å². The number of hydrogen-bond acceptors (Lipinski definition) is 4. The van der Waals surface area contributed by atoms with Crippen LogP contribution in [0, 0.1) is 11.3 Å². The number of ether oxygens (including phenoxy) is 1. The van der Waals surface area contributed by atoms with Gasteiger partial charge in [0.25, 0.3) is 0 Å². The first-order valence-electron chi connectivity index (χ1n) is 12.1. The van der Waals surface area contributed by atoms with Gasteiger partial charge >= 0.3 is 12.1 Å². The summed E-state index contributed by atoms with van der Waals surface area (Å²) in [5.74, 6) is -1.63. The van der Waals surface area contributed by atoms with Crippen LogP contribution in [0.2, 0.25) is 0 Å². The molecule has 7 heteroatoms. The molecule has 1 atom stereocenters. The van der Waals surface area contributed by atoms with Crippen molar-refractivity contribution in [3.05, 3.63) is 59.7 Å². The predicted molar refractivity (Wildman–Crippen MR) is 133 cm³/mol. The number of hydrogen-bond donors (Lipinski definition) is 3. The minimum absolute atomic E-state index is 0.0672. The van der Waals surface area contributed by atoms with Crippen molar-refractivity contribution in [2.75, 3.05) is 6.61 Å². The number of nitrogens with one attached hydrogen (secondary N) is 2. The molecule has 0 bridgehead atoms. The molecule has 0 saturated heterocycles. The van der Waals surface area contributed by atoms with Crippen molar-refractivity contribution >= 4 is 18.0 Å². The van der Waals surface area contributed by atoms with Crippen molar-refractivity contribution in [1.29, 1.82) is 0 Å². The summed E-state index contributed by atoms with van der Waals surface area (Å²) >= 11 is 0. The molecule has 2 amide bonds. The Labute approximate surface area is 206 Å². The van der Waals surface area contributed by atoms with E-state index in [2.05, 4.69) is 34.9 Å². The summed E-state index contributed by atoms with van der Waals surface area (Å²) in [6, 6.07) is 16.2. The molecule has 7 nitrogen and oxygen atoms in total. The van der Waals surface area contributed by atoms with Crippen LogP contribution in [-0.2, 0) is 14.3 Å². The Morgan fingerprint density at radius 2 is 1.40 bits per heavy atom. The minimum Gasteiger partial charge on any atom is -0.480 e. The van der Waals surface area contributed by atoms with Gasteiger partial charge in [-0.3, -0.25) is 4.79 Å². The smallest absolute Gasteiger partial charge is 0.407 e. The summed E-state index contributed by atoms with van der Waals surface area (Å²) in [7, 11) is 0. The SMILES string of the molecule is CC(NC(=O)C(C)(C)C(C)(C)NC(=O)OCC1c2ccccc2-c2ccccc21)(C(=O)O)C1CC1. The second-order valence-corrected chi connectivity index (χ2v) is 10.9. The fourth-order valence-corrected chi connectivity index (χ4v) is 4.71. The fourth-order valence-electron chi connectivity index (χ4n) is 4.71. The maximum Gasteiger partial charge on any atom is 0.407 e. The molecule has 2 aromatic rings. The Morgan fingerprint density at radius 1 is 0.886 bits per heavy atom. The molecule has 2 aliphatic carbocycles. The van der Waals surface area contributed by atoms with Crippen LogP contribution in [0.15, 0.2) is 48.5 Å². The van der Waals surface area contributed by atoms with Gasteiger partial charge in [-0.2, -0.15) is 0 Å². The van der Waals surface area contributed by atoms with Gasteiger partial charge in [0.1, 0.15) is 12.1 Å². The second-order valence-electron chi connectivity index (χ2n) is 10.9.